The molecule has 0 atom stereocenters. The van der Waals surface area contributed by atoms with E-state index in [0.29, 0.717) is 18.1 Å². The van der Waals surface area contributed by atoms with E-state index in [1.807, 2.05) is 39.0 Å². The van der Waals surface area contributed by atoms with E-state index < -0.39 is 10.0 Å². The molecule has 0 bridgehead atoms. The summed E-state index contributed by atoms with van der Waals surface area (Å²) in [6.45, 7) is 6.24. The van der Waals surface area contributed by atoms with Crippen LogP contribution >= 0.6 is 0 Å². The summed E-state index contributed by atoms with van der Waals surface area (Å²) in [6.07, 6.45) is 1.57. The zero-order chi connectivity index (χ0) is 15.5. The number of pyridine rings is 1. The van der Waals surface area contributed by atoms with Crippen LogP contribution in [0.5, 0.6) is 0 Å². The fraction of sp³-hybridized carbons (Fsp3) is 0.267. The number of hydrogen-bond acceptors (Lipinski definition) is 4. The minimum absolute atomic E-state index is 0.148. The summed E-state index contributed by atoms with van der Waals surface area (Å²) in [5, 5.41) is 2.97. The zero-order valence-corrected chi connectivity index (χ0v) is 13.2. The Morgan fingerprint density at radius 2 is 1.76 bits per heavy atom. The summed E-state index contributed by atoms with van der Waals surface area (Å²) in [5.74, 6) is 0.360. The molecule has 2 N–H and O–H groups in total. The molecule has 112 valence electrons. The fourth-order valence-electron chi connectivity index (χ4n) is 2.07. The summed E-state index contributed by atoms with van der Waals surface area (Å²) in [7, 11) is -3.69. The SMILES string of the molecule is CCNc1ncccc1S(=O)(=O)Nc1c(C)cccc1C. The molecular weight excluding hydrogens is 286 g/mol. The van der Waals surface area contributed by atoms with E-state index >= 15 is 0 Å². The van der Waals surface area contributed by atoms with Crippen LogP contribution in [0.2, 0.25) is 0 Å². The van der Waals surface area contributed by atoms with Gasteiger partial charge in [0.2, 0.25) is 0 Å². The van der Waals surface area contributed by atoms with Crippen LogP contribution in [-0.2, 0) is 10.0 Å². The minimum atomic E-state index is -3.69. The second-order valence-electron chi connectivity index (χ2n) is 4.75. The molecule has 2 rings (SSSR count). The first-order chi connectivity index (χ1) is 9.95. The Bertz CT molecular complexity index is 722. The first-order valence-corrected chi connectivity index (χ1v) is 8.22. The van der Waals surface area contributed by atoms with Gasteiger partial charge in [0.25, 0.3) is 10.0 Å². The summed E-state index contributed by atoms with van der Waals surface area (Å²) < 4.78 is 27.9. The number of aromatic nitrogens is 1. The van der Waals surface area contributed by atoms with Crippen molar-refractivity contribution in [2.75, 3.05) is 16.6 Å². The number of sulfonamides is 1. The Balaban J connectivity index is 2.44. The molecule has 0 spiro atoms. The van der Waals surface area contributed by atoms with Gasteiger partial charge in [-0.25, -0.2) is 13.4 Å². The highest BCUT2D eigenvalue weighted by atomic mass is 32.2. The minimum Gasteiger partial charge on any atom is -0.369 e. The molecule has 0 amide bonds. The van der Waals surface area contributed by atoms with Crippen LogP contribution in [0.15, 0.2) is 41.4 Å². The van der Waals surface area contributed by atoms with Crippen LogP contribution < -0.4 is 10.0 Å². The number of nitrogens with zero attached hydrogens (tertiary/aromatic N) is 1. The normalized spacial score (nSPS) is 11.2. The molecule has 0 fully saturated rings. The van der Waals surface area contributed by atoms with Gasteiger partial charge in [-0.1, -0.05) is 18.2 Å². The van der Waals surface area contributed by atoms with Gasteiger partial charge in [-0.15, -0.1) is 0 Å². The number of hydrogen-bond donors (Lipinski definition) is 2. The van der Waals surface area contributed by atoms with E-state index in [4.69, 9.17) is 0 Å². The van der Waals surface area contributed by atoms with Gasteiger partial charge in [0.15, 0.2) is 0 Å². The number of para-hydroxylation sites is 1. The predicted octanol–water partition coefficient (Wildman–Crippen LogP) is 2.93. The van der Waals surface area contributed by atoms with Crippen molar-refractivity contribution >= 4 is 21.5 Å². The third-order valence-electron chi connectivity index (χ3n) is 3.12. The quantitative estimate of drug-likeness (QED) is 0.891. The topological polar surface area (TPSA) is 71.1 Å². The maximum atomic E-state index is 12.6. The molecule has 0 saturated heterocycles. The van der Waals surface area contributed by atoms with E-state index in [2.05, 4.69) is 15.0 Å². The molecule has 0 aliphatic rings. The Morgan fingerprint density at radius 1 is 1.10 bits per heavy atom. The van der Waals surface area contributed by atoms with Gasteiger partial charge in [0.1, 0.15) is 10.7 Å². The summed E-state index contributed by atoms with van der Waals surface area (Å²) in [4.78, 5) is 4.24. The highest BCUT2D eigenvalue weighted by molar-refractivity contribution is 7.92. The Labute approximate surface area is 125 Å². The Kier molecular flexibility index (Phi) is 4.47. The second-order valence-corrected chi connectivity index (χ2v) is 6.40. The number of anilines is 2. The Hall–Kier alpha value is -2.08. The molecule has 2 aromatic rings. The number of rotatable bonds is 5. The van der Waals surface area contributed by atoms with Crippen molar-refractivity contribution < 1.29 is 8.42 Å². The molecular formula is C15H19N3O2S. The number of nitrogens with one attached hydrogen (secondary N) is 2. The van der Waals surface area contributed by atoms with Crippen molar-refractivity contribution in [3.8, 4) is 0 Å². The molecule has 0 aliphatic carbocycles. The smallest absolute Gasteiger partial charge is 0.265 e. The van der Waals surface area contributed by atoms with Crippen molar-refractivity contribution in [2.24, 2.45) is 0 Å². The van der Waals surface area contributed by atoms with Crippen molar-refractivity contribution in [2.45, 2.75) is 25.7 Å². The average Bonchev–Trinajstić information content (AvgIpc) is 2.44. The van der Waals surface area contributed by atoms with Crippen molar-refractivity contribution in [3.63, 3.8) is 0 Å². The van der Waals surface area contributed by atoms with Gasteiger partial charge < -0.3 is 5.32 Å². The van der Waals surface area contributed by atoms with Crippen LogP contribution in [-0.4, -0.2) is 19.9 Å². The highest BCUT2D eigenvalue weighted by Crippen LogP contribution is 2.25. The van der Waals surface area contributed by atoms with E-state index in [1.54, 1.807) is 18.3 Å². The lowest BCUT2D eigenvalue weighted by atomic mass is 10.1. The van der Waals surface area contributed by atoms with Crippen molar-refractivity contribution in [1.82, 2.24) is 4.98 Å². The number of benzene rings is 1. The van der Waals surface area contributed by atoms with E-state index in [-0.39, 0.29) is 4.90 Å². The van der Waals surface area contributed by atoms with Crippen LogP contribution in [0.4, 0.5) is 11.5 Å². The number of aryl methyl sites for hydroxylation is 2. The molecule has 5 nitrogen and oxygen atoms in total. The molecule has 21 heavy (non-hydrogen) atoms. The summed E-state index contributed by atoms with van der Waals surface area (Å²) in [5.41, 5.74) is 2.38. The third-order valence-corrected chi connectivity index (χ3v) is 4.50. The van der Waals surface area contributed by atoms with Gasteiger partial charge in [-0.2, -0.15) is 0 Å². The second kappa shape index (κ2) is 6.13. The lowest BCUT2D eigenvalue weighted by molar-refractivity contribution is 0.601. The maximum Gasteiger partial charge on any atom is 0.265 e. The fourth-order valence-corrected chi connectivity index (χ4v) is 3.41. The van der Waals surface area contributed by atoms with Crippen molar-refractivity contribution in [3.05, 3.63) is 47.7 Å². The standard InChI is InChI=1S/C15H19N3O2S/c1-4-16-15-13(9-6-10-17-15)21(19,20)18-14-11(2)7-5-8-12(14)3/h5-10,18H,4H2,1-3H3,(H,16,17). The predicted molar refractivity (Wildman–Crippen MR) is 85.1 cm³/mol. The lowest BCUT2D eigenvalue weighted by Crippen LogP contribution is -2.17. The van der Waals surface area contributed by atoms with E-state index in [0.717, 1.165) is 11.1 Å². The zero-order valence-electron chi connectivity index (χ0n) is 12.3. The van der Waals surface area contributed by atoms with Gasteiger partial charge in [0.05, 0.1) is 5.69 Å². The van der Waals surface area contributed by atoms with Gasteiger partial charge in [0, 0.05) is 12.7 Å². The maximum absolute atomic E-state index is 12.6. The van der Waals surface area contributed by atoms with Gasteiger partial charge >= 0.3 is 0 Å². The van der Waals surface area contributed by atoms with Gasteiger partial charge in [-0.05, 0) is 44.0 Å². The molecule has 0 unspecified atom stereocenters. The van der Waals surface area contributed by atoms with Crippen molar-refractivity contribution in [1.29, 1.82) is 0 Å². The first-order valence-electron chi connectivity index (χ1n) is 6.73. The van der Waals surface area contributed by atoms with E-state index in [9.17, 15) is 8.42 Å². The van der Waals surface area contributed by atoms with E-state index in [1.165, 1.54) is 0 Å². The largest absolute Gasteiger partial charge is 0.369 e. The summed E-state index contributed by atoms with van der Waals surface area (Å²) in [6, 6.07) is 8.80. The van der Waals surface area contributed by atoms with Crippen LogP contribution in [0.25, 0.3) is 0 Å². The molecule has 6 heteroatoms. The third kappa shape index (κ3) is 3.33. The molecule has 0 aliphatic heterocycles. The first kappa shape index (κ1) is 15.3. The molecule has 0 radical (unpaired) electrons. The Morgan fingerprint density at radius 3 is 2.38 bits per heavy atom. The molecule has 0 saturated carbocycles. The molecule has 1 aromatic carbocycles. The highest BCUT2D eigenvalue weighted by Gasteiger charge is 2.20. The lowest BCUT2D eigenvalue weighted by Gasteiger charge is -2.15. The summed E-state index contributed by atoms with van der Waals surface area (Å²) >= 11 is 0. The van der Waals surface area contributed by atoms with Crippen LogP contribution in [0.3, 0.4) is 0 Å². The van der Waals surface area contributed by atoms with Crippen LogP contribution in [0, 0.1) is 13.8 Å². The monoisotopic (exact) mass is 305 g/mol. The average molecular weight is 305 g/mol. The van der Waals surface area contributed by atoms with Gasteiger partial charge in [-0.3, -0.25) is 4.72 Å². The van der Waals surface area contributed by atoms with Crippen LogP contribution in [0.1, 0.15) is 18.1 Å². The molecule has 1 aromatic heterocycles. The molecule has 1 heterocycles.